The van der Waals surface area contributed by atoms with Crippen LogP contribution in [-0.4, -0.2) is 26.6 Å². The predicted molar refractivity (Wildman–Crippen MR) is 64.8 cm³/mol. The average Bonchev–Trinajstić information content (AvgIpc) is 2.27. The molecule has 2 atom stereocenters. The van der Waals surface area contributed by atoms with Crippen LogP contribution in [0.5, 0.6) is 0 Å². The summed E-state index contributed by atoms with van der Waals surface area (Å²) in [5.74, 6) is 0.598. The number of nitrogens with zero attached hydrogens (tertiary/aromatic N) is 3. The number of aromatic nitrogens is 3. The summed E-state index contributed by atoms with van der Waals surface area (Å²) in [7, 11) is 0. The smallest absolute Gasteiger partial charge is 0.243 e. The molecule has 1 aromatic rings. The third kappa shape index (κ3) is 2.61. The van der Waals surface area contributed by atoms with E-state index in [0.29, 0.717) is 5.95 Å². The van der Waals surface area contributed by atoms with E-state index in [1.807, 2.05) is 13.8 Å². The van der Waals surface area contributed by atoms with Crippen molar-refractivity contribution in [3.8, 4) is 0 Å². The lowest BCUT2D eigenvalue weighted by Gasteiger charge is -2.27. The van der Waals surface area contributed by atoms with Gasteiger partial charge in [-0.25, -0.2) is 4.98 Å². The number of rotatable bonds is 2. The molecule has 0 spiro atoms. The molecule has 88 valence electrons. The highest BCUT2D eigenvalue weighted by atomic mass is 35.5. The Kier molecular flexibility index (Phi) is 3.59. The van der Waals surface area contributed by atoms with Crippen LogP contribution in [0.1, 0.15) is 37.1 Å². The second kappa shape index (κ2) is 4.95. The fourth-order valence-corrected chi connectivity index (χ4v) is 2.28. The zero-order valence-electron chi connectivity index (χ0n) is 9.70. The third-order valence-corrected chi connectivity index (χ3v) is 3.61. The lowest BCUT2D eigenvalue weighted by molar-refractivity contribution is 0.467. The molecule has 1 saturated carbocycles. The molecule has 1 aliphatic rings. The fraction of sp³-hybridized carbons (Fsp3) is 0.727. The van der Waals surface area contributed by atoms with E-state index in [1.165, 1.54) is 12.8 Å². The standard InChI is InChI=1S/C11H17ClN4/c1-7-8(2)15-16-11(13-7)14-10-6-4-3-5-9(10)12/h9-10H,3-6H2,1-2H3,(H,13,14,16). The summed E-state index contributed by atoms with van der Waals surface area (Å²) in [6.07, 6.45) is 4.60. The zero-order valence-corrected chi connectivity index (χ0v) is 10.5. The van der Waals surface area contributed by atoms with Crippen molar-refractivity contribution in [2.75, 3.05) is 5.32 Å². The SMILES string of the molecule is Cc1nnc(NC2CCCCC2Cl)nc1C. The monoisotopic (exact) mass is 240 g/mol. The Morgan fingerprint density at radius 3 is 2.56 bits per heavy atom. The normalized spacial score (nSPS) is 25.4. The summed E-state index contributed by atoms with van der Waals surface area (Å²) in [5, 5.41) is 11.5. The van der Waals surface area contributed by atoms with Crippen LogP contribution in [0.15, 0.2) is 0 Å². The van der Waals surface area contributed by atoms with Crippen LogP contribution in [-0.2, 0) is 0 Å². The predicted octanol–water partition coefficient (Wildman–Crippen LogP) is 2.45. The molecule has 0 aliphatic heterocycles. The van der Waals surface area contributed by atoms with Crippen molar-refractivity contribution in [2.24, 2.45) is 0 Å². The van der Waals surface area contributed by atoms with Gasteiger partial charge in [0.2, 0.25) is 5.95 Å². The minimum absolute atomic E-state index is 0.180. The van der Waals surface area contributed by atoms with Crippen molar-refractivity contribution < 1.29 is 0 Å². The van der Waals surface area contributed by atoms with Crippen molar-refractivity contribution >= 4 is 17.5 Å². The molecule has 0 radical (unpaired) electrons. The van der Waals surface area contributed by atoms with Crippen LogP contribution in [0.25, 0.3) is 0 Å². The Morgan fingerprint density at radius 2 is 1.88 bits per heavy atom. The maximum Gasteiger partial charge on any atom is 0.243 e. The molecule has 2 rings (SSSR count). The number of nitrogens with one attached hydrogen (secondary N) is 1. The molecule has 1 heterocycles. The van der Waals surface area contributed by atoms with Crippen LogP contribution in [0.3, 0.4) is 0 Å². The summed E-state index contributed by atoms with van der Waals surface area (Å²) in [6, 6.07) is 0.277. The molecule has 1 fully saturated rings. The minimum atomic E-state index is 0.180. The van der Waals surface area contributed by atoms with Crippen LogP contribution in [0.4, 0.5) is 5.95 Å². The van der Waals surface area contributed by atoms with Gasteiger partial charge >= 0.3 is 0 Å². The Morgan fingerprint density at radius 1 is 1.12 bits per heavy atom. The Labute approximate surface area is 101 Å². The van der Waals surface area contributed by atoms with Crippen LogP contribution in [0, 0.1) is 13.8 Å². The van der Waals surface area contributed by atoms with Gasteiger partial charge in [-0.2, -0.15) is 5.10 Å². The van der Waals surface area contributed by atoms with Crippen molar-refractivity contribution in [2.45, 2.75) is 50.9 Å². The molecule has 16 heavy (non-hydrogen) atoms. The molecule has 0 bridgehead atoms. The van der Waals surface area contributed by atoms with Crippen LogP contribution >= 0.6 is 11.6 Å². The number of hydrogen-bond donors (Lipinski definition) is 1. The molecule has 1 aromatic heterocycles. The van der Waals surface area contributed by atoms with E-state index in [-0.39, 0.29) is 11.4 Å². The average molecular weight is 241 g/mol. The molecule has 2 unspecified atom stereocenters. The first-order chi connectivity index (χ1) is 7.66. The van der Waals surface area contributed by atoms with E-state index in [2.05, 4.69) is 20.5 Å². The van der Waals surface area contributed by atoms with Crippen molar-refractivity contribution in [1.82, 2.24) is 15.2 Å². The summed E-state index contributed by atoms with van der Waals surface area (Å²) in [5.41, 5.74) is 1.79. The van der Waals surface area contributed by atoms with Gasteiger partial charge in [-0.05, 0) is 26.7 Å². The number of aryl methyl sites for hydroxylation is 2. The fourth-order valence-electron chi connectivity index (χ4n) is 1.93. The molecule has 0 amide bonds. The lowest BCUT2D eigenvalue weighted by atomic mass is 9.95. The van der Waals surface area contributed by atoms with Crippen molar-refractivity contribution in [1.29, 1.82) is 0 Å². The van der Waals surface area contributed by atoms with E-state index in [1.54, 1.807) is 0 Å². The number of alkyl halides is 1. The summed E-state index contributed by atoms with van der Waals surface area (Å²) in [6.45, 7) is 3.85. The Bertz CT molecular complexity index is 369. The maximum absolute atomic E-state index is 6.27. The summed E-state index contributed by atoms with van der Waals surface area (Å²) < 4.78 is 0. The van der Waals surface area contributed by atoms with Crippen molar-refractivity contribution in [3.05, 3.63) is 11.4 Å². The van der Waals surface area contributed by atoms with Gasteiger partial charge in [0, 0.05) is 6.04 Å². The molecule has 5 heteroatoms. The molecule has 4 nitrogen and oxygen atoms in total. The van der Waals surface area contributed by atoms with Gasteiger partial charge in [0.15, 0.2) is 0 Å². The molecule has 1 aliphatic carbocycles. The second-order valence-electron chi connectivity index (χ2n) is 4.36. The zero-order chi connectivity index (χ0) is 11.5. The van der Waals surface area contributed by atoms with Crippen LogP contribution < -0.4 is 5.32 Å². The quantitative estimate of drug-likeness (QED) is 0.807. The molecular formula is C11H17ClN4. The van der Waals surface area contributed by atoms with Crippen molar-refractivity contribution in [3.63, 3.8) is 0 Å². The molecular weight excluding hydrogens is 224 g/mol. The molecule has 1 N–H and O–H groups in total. The lowest BCUT2D eigenvalue weighted by Crippen LogP contribution is -2.33. The first-order valence-corrected chi connectivity index (χ1v) is 6.19. The van der Waals surface area contributed by atoms with E-state index in [9.17, 15) is 0 Å². The first kappa shape index (κ1) is 11.6. The van der Waals surface area contributed by atoms with E-state index < -0.39 is 0 Å². The number of hydrogen-bond acceptors (Lipinski definition) is 4. The topological polar surface area (TPSA) is 50.7 Å². The highest BCUT2D eigenvalue weighted by Crippen LogP contribution is 2.25. The largest absolute Gasteiger partial charge is 0.349 e. The third-order valence-electron chi connectivity index (χ3n) is 3.09. The summed E-state index contributed by atoms with van der Waals surface area (Å²) in [4.78, 5) is 4.36. The Balaban J connectivity index is 2.05. The van der Waals surface area contributed by atoms with Gasteiger partial charge in [-0.3, -0.25) is 0 Å². The van der Waals surface area contributed by atoms with Gasteiger partial charge in [0.05, 0.1) is 16.8 Å². The second-order valence-corrected chi connectivity index (χ2v) is 4.92. The maximum atomic E-state index is 6.27. The molecule has 0 aromatic carbocycles. The van der Waals surface area contributed by atoms with Gasteiger partial charge in [-0.15, -0.1) is 16.7 Å². The van der Waals surface area contributed by atoms with Gasteiger partial charge < -0.3 is 5.32 Å². The highest BCUT2D eigenvalue weighted by molar-refractivity contribution is 6.21. The van der Waals surface area contributed by atoms with Gasteiger partial charge in [-0.1, -0.05) is 12.8 Å². The van der Waals surface area contributed by atoms with E-state index in [4.69, 9.17) is 11.6 Å². The number of halogens is 1. The molecule has 0 saturated heterocycles. The van der Waals surface area contributed by atoms with E-state index in [0.717, 1.165) is 24.2 Å². The number of anilines is 1. The van der Waals surface area contributed by atoms with Gasteiger partial charge in [0.1, 0.15) is 0 Å². The van der Waals surface area contributed by atoms with E-state index >= 15 is 0 Å². The van der Waals surface area contributed by atoms with Crippen LogP contribution in [0.2, 0.25) is 0 Å². The van der Waals surface area contributed by atoms with Gasteiger partial charge in [0.25, 0.3) is 0 Å². The Hall–Kier alpha value is -0.900. The minimum Gasteiger partial charge on any atom is -0.349 e. The first-order valence-electron chi connectivity index (χ1n) is 5.75. The summed E-state index contributed by atoms with van der Waals surface area (Å²) >= 11 is 6.27. The highest BCUT2D eigenvalue weighted by Gasteiger charge is 2.23.